The highest BCUT2D eigenvalue weighted by Gasteiger charge is 2.13. The fraction of sp³-hybridized carbons (Fsp3) is 0.562. The Kier molecular flexibility index (Phi) is 6.43. The van der Waals surface area contributed by atoms with Gasteiger partial charge in [0.05, 0.1) is 25.9 Å². The van der Waals surface area contributed by atoms with Gasteiger partial charge in [-0.15, -0.1) is 5.10 Å². The van der Waals surface area contributed by atoms with Gasteiger partial charge in [0.2, 0.25) is 5.16 Å². The Morgan fingerprint density at radius 1 is 1.26 bits per heavy atom. The number of benzene rings is 1. The minimum absolute atomic E-state index is 0.275. The van der Waals surface area contributed by atoms with Crippen molar-refractivity contribution in [2.45, 2.75) is 37.1 Å². The summed E-state index contributed by atoms with van der Waals surface area (Å²) in [5.41, 5.74) is 1.19. The van der Waals surface area contributed by atoms with E-state index < -0.39 is 0 Å². The van der Waals surface area contributed by atoms with Crippen LogP contribution in [0.1, 0.15) is 24.8 Å². The minimum atomic E-state index is 0.275. The molecule has 0 bridgehead atoms. The third-order valence-corrected chi connectivity index (χ3v) is 4.63. The molecule has 0 radical (unpaired) electrons. The highest BCUT2D eigenvalue weighted by molar-refractivity contribution is 7.99. The molecule has 7 heteroatoms. The van der Waals surface area contributed by atoms with Crippen LogP contribution >= 0.6 is 11.8 Å². The van der Waals surface area contributed by atoms with Gasteiger partial charge in [0.15, 0.2) is 0 Å². The van der Waals surface area contributed by atoms with E-state index in [1.807, 2.05) is 22.9 Å². The summed E-state index contributed by atoms with van der Waals surface area (Å²) < 4.78 is 13.2. The molecule has 124 valence electrons. The Labute approximate surface area is 140 Å². The van der Waals surface area contributed by atoms with Crippen LogP contribution in [-0.4, -0.2) is 51.9 Å². The van der Waals surface area contributed by atoms with Crippen LogP contribution < -0.4 is 0 Å². The lowest BCUT2D eigenvalue weighted by Gasteiger charge is -2.22. The van der Waals surface area contributed by atoms with Gasteiger partial charge < -0.3 is 9.47 Å². The van der Waals surface area contributed by atoms with E-state index in [1.165, 1.54) is 18.4 Å². The van der Waals surface area contributed by atoms with Gasteiger partial charge in [-0.2, -0.15) is 0 Å². The van der Waals surface area contributed by atoms with Crippen LogP contribution in [0, 0.1) is 0 Å². The van der Waals surface area contributed by atoms with E-state index in [0.29, 0.717) is 19.8 Å². The Morgan fingerprint density at radius 3 is 3.00 bits per heavy atom. The van der Waals surface area contributed by atoms with Crippen molar-refractivity contribution < 1.29 is 9.47 Å². The second kappa shape index (κ2) is 9.00. The number of nitrogens with zero attached hydrogens (tertiary/aromatic N) is 4. The van der Waals surface area contributed by atoms with E-state index in [1.54, 1.807) is 11.8 Å². The first-order valence-electron chi connectivity index (χ1n) is 8.04. The van der Waals surface area contributed by atoms with E-state index in [4.69, 9.17) is 9.47 Å². The number of tetrazole rings is 1. The number of thioether (sulfide) groups is 1. The fourth-order valence-electron chi connectivity index (χ4n) is 2.50. The van der Waals surface area contributed by atoms with E-state index in [0.717, 1.165) is 23.9 Å². The molecule has 0 amide bonds. The normalized spacial score (nSPS) is 18.2. The molecule has 0 saturated carbocycles. The maximum atomic E-state index is 5.71. The Morgan fingerprint density at radius 2 is 2.17 bits per heavy atom. The van der Waals surface area contributed by atoms with Crippen LogP contribution in [0.15, 0.2) is 35.5 Å². The van der Waals surface area contributed by atoms with Crippen molar-refractivity contribution in [3.05, 3.63) is 35.9 Å². The molecule has 0 aliphatic carbocycles. The Balaban J connectivity index is 1.38. The molecule has 1 atom stereocenters. The molecule has 0 N–H and O–H groups in total. The summed E-state index contributed by atoms with van der Waals surface area (Å²) in [6.07, 6.45) is 3.81. The quantitative estimate of drug-likeness (QED) is 0.546. The van der Waals surface area contributed by atoms with Crippen molar-refractivity contribution in [2.24, 2.45) is 0 Å². The number of ether oxygens (including phenoxy) is 2. The van der Waals surface area contributed by atoms with E-state index in [2.05, 4.69) is 27.7 Å². The second-order valence-corrected chi connectivity index (χ2v) is 6.58. The predicted molar refractivity (Wildman–Crippen MR) is 88.5 cm³/mol. The third-order valence-electron chi connectivity index (χ3n) is 3.71. The minimum Gasteiger partial charge on any atom is -0.378 e. The number of hydrogen-bond acceptors (Lipinski definition) is 6. The van der Waals surface area contributed by atoms with E-state index in [9.17, 15) is 0 Å². The molecule has 6 nitrogen and oxygen atoms in total. The number of hydrogen-bond donors (Lipinski definition) is 0. The molecule has 1 unspecified atom stereocenters. The summed E-state index contributed by atoms with van der Waals surface area (Å²) in [5, 5.41) is 12.7. The van der Waals surface area contributed by atoms with Crippen molar-refractivity contribution in [1.29, 1.82) is 0 Å². The van der Waals surface area contributed by atoms with Crippen molar-refractivity contribution in [3.8, 4) is 0 Å². The summed E-state index contributed by atoms with van der Waals surface area (Å²) >= 11 is 1.62. The molecule has 2 heterocycles. The molecule has 1 fully saturated rings. The molecule has 1 aromatic carbocycles. The fourth-order valence-corrected chi connectivity index (χ4v) is 3.23. The van der Waals surface area contributed by atoms with Gasteiger partial charge >= 0.3 is 0 Å². The van der Waals surface area contributed by atoms with Crippen molar-refractivity contribution >= 4 is 11.8 Å². The van der Waals surface area contributed by atoms with Gasteiger partial charge in [-0.1, -0.05) is 42.1 Å². The summed E-state index contributed by atoms with van der Waals surface area (Å²) in [7, 11) is 0. The lowest BCUT2D eigenvalue weighted by Crippen LogP contribution is -2.24. The van der Waals surface area contributed by atoms with Crippen LogP contribution in [-0.2, 0) is 16.0 Å². The van der Waals surface area contributed by atoms with Crippen LogP contribution in [0.5, 0.6) is 0 Å². The lowest BCUT2D eigenvalue weighted by molar-refractivity contribution is -0.0376. The summed E-state index contributed by atoms with van der Waals surface area (Å²) in [4.78, 5) is 0. The first-order valence-corrected chi connectivity index (χ1v) is 9.02. The number of aromatic nitrogens is 4. The molecule has 1 saturated heterocycles. The van der Waals surface area contributed by atoms with Gasteiger partial charge in [-0.05, 0) is 35.3 Å². The van der Waals surface area contributed by atoms with Crippen LogP contribution in [0.4, 0.5) is 0 Å². The summed E-state index contributed by atoms with van der Waals surface area (Å²) in [5.74, 6) is 0.835. The second-order valence-electron chi connectivity index (χ2n) is 5.52. The Bertz CT molecular complexity index is 572. The molecule has 0 spiro atoms. The van der Waals surface area contributed by atoms with Gasteiger partial charge in [0.25, 0.3) is 0 Å². The van der Waals surface area contributed by atoms with Crippen LogP contribution in [0.2, 0.25) is 0 Å². The average Bonchev–Trinajstić information content (AvgIpc) is 3.03. The van der Waals surface area contributed by atoms with E-state index in [-0.39, 0.29) is 6.10 Å². The van der Waals surface area contributed by atoms with Crippen LogP contribution in [0.25, 0.3) is 0 Å². The largest absolute Gasteiger partial charge is 0.378 e. The average molecular weight is 334 g/mol. The molecule has 1 aromatic heterocycles. The van der Waals surface area contributed by atoms with E-state index >= 15 is 0 Å². The van der Waals surface area contributed by atoms with Crippen molar-refractivity contribution in [2.75, 3.05) is 25.6 Å². The highest BCUT2D eigenvalue weighted by Crippen LogP contribution is 2.16. The maximum Gasteiger partial charge on any atom is 0.209 e. The highest BCUT2D eigenvalue weighted by atomic mass is 32.2. The predicted octanol–water partition coefficient (Wildman–Crippen LogP) is 2.40. The third kappa shape index (κ3) is 5.30. The summed E-state index contributed by atoms with van der Waals surface area (Å²) in [6.45, 7) is 2.93. The van der Waals surface area contributed by atoms with Crippen LogP contribution in [0.3, 0.4) is 0 Å². The monoisotopic (exact) mass is 334 g/mol. The van der Waals surface area contributed by atoms with Gasteiger partial charge in [0, 0.05) is 12.4 Å². The molecular formula is C16H22N4O2S. The van der Waals surface area contributed by atoms with Gasteiger partial charge in [0.1, 0.15) is 0 Å². The number of rotatable bonds is 8. The van der Waals surface area contributed by atoms with Gasteiger partial charge in [-0.3, -0.25) is 0 Å². The standard InChI is InChI=1S/C16H22N4O2S/c1-2-6-14(7-3-1)12-20-16(17-18-19-20)23-11-10-21-13-15-8-4-5-9-22-15/h1-3,6-7,15H,4-5,8-13H2. The first kappa shape index (κ1) is 16.4. The molecular weight excluding hydrogens is 312 g/mol. The van der Waals surface area contributed by atoms with Crippen molar-refractivity contribution in [3.63, 3.8) is 0 Å². The Hall–Kier alpha value is -1.44. The molecule has 23 heavy (non-hydrogen) atoms. The SMILES string of the molecule is c1ccc(Cn2nnnc2SCCOCC2CCCCO2)cc1. The zero-order valence-corrected chi connectivity index (χ0v) is 14.0. The van der Waals surface area contributed by atoms with Crippen molar-refractivity contribution in [1.82, 2.24) is 20.2 Å². The maximum absolute atomic E-state index is 5.71. The topological polar surface area (TPSA) is 62.1 Å². The zero-order chi connectivity index (χ0) is 15.7. The van der Waals surface area contributed by atoms with Gasteiger partial charge in [-0.25, -0.2) is 4.68 Å². The molecule has 3 rings (SSSR count). The molecule has 2 aromatic rings. The summed E-state index contributed by atoms with van der Waals surface area (Å²) in [6, 6.07) is 10.2. The molecule has 1 aliphatic rings. The first-order chi connectivity index (χ1) is 11.4. The molecule has 1 aliphatic heterocycles. The lowest BCUT2D eigenvalue weighted by atomic mass is 10.1. The zero-order valence-electron chi connectivity index (χ0n) is 13.1. The smallest absolute Gasteiger partial charge is 0.209 e.